The van der Waals surface area contributed by atoms with E-state index < -0.39 is 16.2 Å². The van der Waals surface area contributed by atoms with Gasteiger partial charge in [0.15, 0.2) is 0 Å². The lowest BCUT2D eigenvalue weighted by Crippen LogP contribution is -2.41. The van der Waals surface area contributed by atoms with Crippen molar-refractivity contribution in [1.82, 2.24) is 0 Å². The zero-order valence-electron chi connectivity index (χ0n) is 20.4. The molecule has 38 heavy (non-hydrogen) atoms. The number of anilines is 2. The maximum absolute atomic E-state index is 13.1. The van der Waals surface area contributed by atoms with Gasteiger partial charge in [0.25, 0.3) is 10.0 Å². The second kappa shape index (κ2) is 9.37. The van der Waals surface area contributed by atoms with Gasteiger partial charge >= 0.3 is 0 Å². The SMILES string of the molecule is COc1ccc(C2=Nc3occc3C(N)N2c2ccc(NS(=O)(=O)c3ccc4ccccc4c3)cc2)cc1. The van der Waals surface area contributed by atoms with Crippen LogP contribution >= 0.6 is 0 Å². The molecular weight excluding hydrogens is 500 g/mol. The van der Waals surface area contributed by atoms with E-state index in [1.54, 1.807) is 49.8 Å². The molecule has 1 aliphatic rings. The van der Waals surface area contributed by atoms with Gasteiger partial charge in [0.2, 0.25) is 5.88 Å². The number of nitrogens with zero attached hydrogens (tertiary/aromatic N) is 2. The van der Waals surface area contributed by atoms with Gasteiger partial charge in [-0.25, -0.2) is 8.42 Å². The third-order valence-electron chi connectivity index (χ3n) is 6.48. The molecule has 2 heterocycles. The Kier molecular flexibility index (Phi) is 5.86. The number of rotatable bonds is 6. The monoisotopic (exact) mass is 524 g/mol. The first-order valence-electron chi connectivity index (χ1n) is 11.9. The minimum absolute atomic E-state index is 0.194. The highest BCUT2D eigenvalue weighted by atomic mass is 32.2. The van der Waals surface area contributed by atoms with E-state index in [2.05, 4.69) is 4.72 Å². The summed E-state index contributed by atoms with van der Waals surface area (Å²) in [6, 6.07) is 29.0. The third kappa shape index (κ3) is 4.27. The fourth-order valence-corrected chi connectivity index (χ4v) is 5.61. The van der Waals surface area contributed by atoms with E-state index >= 15 is 0 Å². The van der Waals surface area contributed by atoms with E-state index in [4.69, 9.17) is 19.9 Å². The number of fused-ring (bicyclic) bond motifs is 2. The smallest absolute Gasteiger partial charge is 0.261 e. The number of methoxy groups -OCH3 is 1. The van der Waals surface area contributed by atoms with Gasteiger partial charge in [0.05, 0.1) is 23.8 Å². The number of nitrogens with two attached hydrogens (primary N) is 1. The van der Waals surface area contributed by atoms with E-state index in [0.29, 0.717) is 17.4 Å². The largest absolute Gasteiger partial charge is 0.497 e. The van der Waals surface area contributed by atoms with Crippen LogP contribution in [0.3, 0.4) is 0 Å². The fourth-order valence-electron chi connectivity index (χ4n) is 4.51. The Balaban J connectivity index is 1.31. The minimum atomic E-state index is -3.78. The normalized spacial score (nSPS) is 15.2. The molecule has 1 aromatic heterocycles. The topological polar surface area (TPSA) is 110 Å². The molecule has 4 aromatic carbocycles. The molecule has 0 saturated heterocycles. The van der Waals surface area contributed by atoms with Crippen LogP contribution in [0.5, 0.6) is 5.75 Å². The molecule has 0 saturated carbocycles. The van der Waals surface area contributed by atoms with Crippen LogP contribution in [0.2, 0.25) is 0 Å². The molecule has 0 spiro atoms. The van der Waals surface area contributed by atoms with Gasteiger partial charge in [-0.2, -0.15) is 4.99 Å². The molecular formula is C29H24N4O4S. The first-order chi connectivity index (χ1) is 18.4. The molecule has 3 N–H and O–H groups in total. The average molecular weight is 525 g/mol. The molecule has 1 atom stereocenters. The molecule has 9 heteroatoms. The standard InChI is InChI=1S/C29H24N4O4S/c1-36-24-13-6-20(7-14-24)28-31-29-26(16-17-37-29)27(30)33(28)23-11-9-22(10-12-23)32-38(34,35)25-15-8-19-4-2-3-5-21(19)18-25/h2-18,27,32H,30H2,1H3. The Bertz CT molecular complexity index is 1760. The zero-order chi connectivity index (χ0) is 26.3. The molecule has 0 aliphatic carbocycles. The fraction of sp³-hybridized carbons (Fsp3) is 0.0690. The average Bonchev–Trinajstić information content (AvgIpc) is 3.42. The molecule has 8 nitrogen and oxygen atoms in total. The van der Waals surface area contributed by atoms with Crippen LogP contribution in [0.4, 0.5) is 17.3 Å². The summed E-state index contributed by atoms with van der Waals surface area (Å²) >= 11 is 0. The van der Waals surface area contributed by atoms with E-state index in [1.165, 1.54) is 0 Å². The summed E-state index contributed by atoms with van der Waals surface area (Å²) < 4.78 is 39.7. The highest BCUT2D eigenvalue weighted by Gasteiger charge is 2.31. The van der Waals surface area contributed by atoms with Gasteiger partial charge in [0.1, 0.15) is 17.8 Å². The first kappa shape index (κ1) is 23.8. The van der Waals surface area contributed by atoms with Crippen LogP contribution in [0.1, 0.15) is 17.3 Å². The maximum atomic E-state index is 13.1. The lowest BCUT2D eigenvalue weighted by Gasteiger charge is -2.34. The minimum Gasteiger partial charge on any atom is -0.497 e. The Morgan fingerprint density at radius 2 is 1.66 bits per heavy atom. The summed E-state index contributed by atoms with van der Waals surface area (Å²) in [5, 5.41) is 1.83. The Labute approximate surface area is 220 Å². The highest BCUT2D eigenvalue weighted by Crippen LogP contribution is 2.38. The number of furan rings is 1. The highest BCUT2D eigenvalue weighted by molar-refractivity contribution is 7.92. The molecule has 0 fully saturated rings. The second-order valence-electron chi connectivity index (χ2n) is 8.82. The van der Waals surface area contributed by atoms with E-state index in [9.17, 15) is 8.42 Å². The molecule has 1 aliphatic heterocycles. The molecule has 0 radical (unpaired) electrons. The zero-order valence-corrected chi connectivity index (χ0v) is 21.2. The Morgan fingerprint density at radius 1 is 0.921 bits per heavy atom. The number of aliphatic imine (C=N–C) groups is 1. The van der Waals surface area contributed by atoms with Crippen molar-refractivity contribution in [3.8, 4) is 5.75 Å². The van der Waals surface area contributed by atoms with Gasteiger partial charge in [-0.15, -0.1) is 0 Å². The van der Waals surface area contributed by atoms with Gasteiger partial charge in [-0.3, -0.25) is 4.72 Å². The molecule has 6 rings (SSSR count). The summed E-state index contributed by atoms with van der Waals surface area (Å²) in [7, 11) is -2.17. The molecule has 0 bridgehead atoms. The Hall–Kier alpha value is -4.60. The lowest BCUT2D eigenvalue weighted by molar-refractivity contribution is 0.415. The molecule has 1 unspecified atom stereocenters. The van der Waals surface area contributed by atoms with Crippen molar-refractivity contribution >= 4 is 43.9 Å². The van der Waals surface area contributed by atoms with Gasteiger partial charge in [-0.1, -0.05) is 30.3 Å². The van der Waals surface area contributed by atoms with Crippen molar-refractivity contribution in [3.05, 3.63) is 114 Å². The number of sulfonamides is 1. The number of amidine groups is 1. The van der Waals surface area contributed by atoms with Crippen LogP contribution < -0.4 is 20.1 Å². The van der Waals surface area contributed by atoms with Gasteiger partial charge < -0.3 is 19.8 Å². The van der Waals surface area contributed by atoms with Crippen LogP contribution in [0.25, 0.3) is 10.8 Å². The van der Waals surface area contributed by atoms with Gasteiger partial charge in [-0.05, 0) is 77.5 Å². The number of hydrogen-bond donors (Lipinski definition) is 2. The number of hydrogen-bond acceptors (Lipinski definition) is 7. The predicted octanol–water partition coefficient (Wildman–Crippen LogP) is 5.80. The first-order valence-corrected chi connectivity index (χ1v) is 13.4. The molecule has 0 amide bonds. The lowest BCUT2D eigenvalue weighted by atomic mass is 10.1. The van der Waals surface area contributed by atoms with Crippen molar-refractivity contribution in [2.75, 3.05) is 16.7 Å². The van der Waals surface area contributed by atoms with E-state index in [1.807, 2.05) is 65.6 Å². The van der Waals surface area contributed by atoms with Gasteiger partial charge in [0, 0.05) is 16.9 Å². The van der Waals surface area contributed by atoms with E-state index in [0.717, 1.165) is 33.3 Å². The summed E-state index contributed by atoms with van der Waals surface area (Å²) in [5.74, 6) is 1.79. The van der Waals surface area contributed by atoms with Crippen LogP contribution in [-0.4, -0.2) is 21.4 Å². The summed E-state index contributed by atoms with van der Waals surface area (Å²) in [4.78, 5) is 6.81. The summed E-state index contributed by atoms with van der Waals surface area (Å²) in [6.07, 6.45) is 1.01. The molecule has 5 aromatic rings. The van der Waals surface area contributed by atoms with Crippen LogP contribution in [-0.2, 0) is 10.0 Å². The number of nitrogens with one attached hydrogen (secondary N) is 1. The second-order valence-corrected chi connectivity index (χ2v) is 10.5. The van der Waals surface area contributed by atoms with Crippen molar-refractivity contribution in [2.24, 2.45) is 10.7 Å². The quantitative estimate of drug-likeness (QED) is 0.291. The predicted molar refractivity (Wildman–Crippen MR) is 149 cm³/mol. The number of ether oxygens (including phenoxy) is 1. The van der Waals surface area contributed by atoms with E-state index in [-0.39, 0.29) is 4.90 Å². The van der Waals surface area contributed by atoms with Crippen molar-refractivity contribution in [2.45, 2.75) is 11.1 Å². The molecule has 190 valence electrons. The van der Waals surface area contributed by atoms with Crippen LogP contribution in [0.15, 0.2) is 118 Å². The third-order valence-corrected chi connectivity index (χ3v) is 7.86. The van der Waals surface area contributed by atoms with Crippen molar-refractivity contribution in [1.29, 1.82) is 0 Å². The maximum Gasteiger partial charge on any atom is 0.261 e. The van der Waals surface area contributed by atoms with Crippen molar-refractivity contribution in [3.63, 3.8) is 0 Å². The number of benzene rings is 4. The Morgan fingerprint density at radius 3 is 2.39 bits per heavy atom. The van der Waals surface area contributed by atoms with Crippen molar-refractivity contribution < 1.29 is 17.6 Å². The van der Waals surface area contributed by atoms with Crippen LogP contribution in [0, 0.1) is 0 Å². The summed E-state index contributed by atoms with van der Waals surface area (Å²) in [6.45, 7) is 0. The summed E-state index contributed by atoms with van der Waals surface area (Å²) in [5.41, 5.74) is 9.41.